The highest BCUT2D eigenvalue weighted by atomic mass is 79.9. The lowest BCUT2D eigenvalue weighted by Gasteiger charge is -2.08. The Balaban J connectivity index is 1.53. The van der Waals surface area contributed by atoms with E-state index in [-0.39, 0.29) is 0 Å². The van der Waals surface area contributed by atoms with Crippen LogP contribution in [0, 0.1) is 6.92 Å². The van der Waals surface area contributed by atoms with Crippen LogP contribution in [0.25, 0.3) is 69.6 Å². The zero-order valence-electron chi connectivity index (χ0n) is 18.8. The summed E-state index contributed by atoms with van der Waals surface area (Å²) >= 11 is 5.56. The maximum atomic E-state index is 6.51. The fourth-order valence-corrected chi connectivity index (χ4v) is 7.00. The summed E-state index contributed by atoms with van der Waals surface area (Å²) in [6, 6.07) is 32.9. The number of halogens is 1. The summed E-state index contributed by atoms with van der Waals surface area (Å²) in [5.41, 5.74) is 6.61. The second-order valence-corrected chi connectivity index (χ2v) is 11.2. The number of furan rings is 1. The lowest BCUT2D eigenvalue weighted by molar-refractivity contribution is 0.673. The van der Waals surface area contributed by atoms with Crippen molar-refractivity contribution in [2.75, 3.05) is 0 Å². The molecule has 3 heterocycles. The standard InChI is InChI=1S/C31H18BrNOS/c1-17-6-12-27-22(14-17)21-9-11-26-30(31(21)34-27)24-15-18(32)7-10-25(24)33(26)19-8-13-29-23(16-19)20-4-2-3-5-28(20)35-29/h2-16H,1H3. The minimum absolute atomic E-state index is 0.931. The number of fused-ring (bicyclic) bond motifs is 10. The van der Waals surface area contributed by atoms with E-state index in [0.717, 1.165) is 37.6 Å². The number of rotatable bonds is 1. The highest BCUT2D eigenvalue weighted by Crippen LogP contribution is 2.42. The number of hydrogen-bond donors (Lipinski definition) is 0. The van der Waals surface area contributed by atoms with Gasteiger partial charge in [0, 0.05) is 46.5 Å². The first-order valence-electron chi connectivity index (χ1n) is 11.6. The summed E-state index contributed by atoms with van der Waals surface area (Å²) in [5, 5.41) is 7.29. The van der Waals surface area contributed by atoms with E-state index in [1.54, 1.807) is 0 Å². The van der Waals surface area contributed by atoms with Crippen molar-refractivity contribution in [3.8, 4) is 5.69 Å². The molecular formula is C31H18BrNOS. The molecule has 0 saturated carbocycles. The van der Waals surface area contributed by atoms with Crippen molar-refractivity contribution in [1.29, 1.82) is 0 Å². The van der Waals surface area contributed by atoms with E-state index in [9.17, 15) is 0 Å². The molecule has 0 atom stereocenters. The van der Waals surface area contributed by atoms with Crippen LogP contribution in [0.1, 0.15) is 5.56 Å². The van der Waals surface area contributed by atoms with Gasteiger partial charge >= 0.3 is 0 Å². The van der Waals surface area contributed by atoms with E-state index in [1.807, 2.05) is 11.3 Å². The molecule has 4 heteroatoms. The molecule has 0 aliphatic rings. The lowest BCUT2D eigenvalue weighted by Crippen LogP contribution is -1.93. The maximum Gasteiger partial charge on any atom is 0.145 e. The van der Waals surface area contributed by atoms with Crippen LogP contribution in [0.4, 0.5) is 0 Å². The van der Waals surface area contributed by atoms with Gasteiger partial charge in [-0.15, -0.1) is 11.3 Å². The molecule has 5 aromatic carbocycles. The average molecular weight is 532 g/mol. The van der Waals surface area contributed by atoms with Gasteiger partial charge in [0.1, 0.15) is 11.2 Å². The first-order valence-corrected chi connectivity index (χ1v) is 13.2. The van der Waals surface area contributed by atoms with E-state index in [1.165, 1.54) is 42.0 Å². The summed E-state index contributed by atoms with van der Waals surface area (Å²) in [5.74, 6) is 0. The van der Waals surface area contributed by atoms with Gasteiger partial charge in [-0.25, -0.2) is 0 Å². The predicted octanol–water partition coefficient (Wildman–Crippen LogP) is 10.1. The molecular weight excluding hydrogens is 514 g/mol. The SMILES string of the molecule is Cc1ccc2oc3c(ccc4c3c3cc(Br)ccc3n4-c3ccc4sc5ccccc5c4c3)c2c1. The minimum Gasteiger partial charge on any atom is -0.455 e. The maximum absolute atomic E-state index is 6.51. The van der Waals surface area contributed by atoms with Crippen LogP contribution in [-0.2, 0) is 0 Å². The van der Waals surface area contributed by atoms with Gasteiger partial charge in [-0.3, -0.25) is 0 Å². The number of nitrogens with zero attached hydrogens (tertiary/aromatic N) is 1. The van der Waals surface area contributed by atoms with Crippen LogP contribution in [0.2, 0.25) is 0 Å². The molecule has 0 unspecified atom stereocenters. The van der Waals surface area contributed by atoms with Gasteiger partial charge in [-0.1, -0.05) is 45.8 Å². The van der Waals surface area contributed by atoms with Crippen molar-refractivity contribution in [1.82, 2.24) is 4.57 Å². The molecule has 3 aromatic heterocycles. The van der Waals surface area contributed by atoms with Gasteiger partial charge in [0.2, 0.25) is 0 Å². The molecule has 0 spiro atoms. The van der Waals surface area contributed by atoms with Crippen LogP contribution in [0.3, 0.4) is 0 Å². The van der Waals surface area contributed by atoms with E-state index < -0.39 is 0 Å². The summed E-state index contributed by atoms with van der Waals surface area (Å²) in [6.45, 7) is 2.13. The van der Waals surface area contributed by atoms with Gasteiger partial charge < -0.3 is 8.98 Å². The number of thiophene rings is 1. The fourth-order valence-electron chi connectivity index (χ4n) is 5.55. The number of benzene rings is 5. The zero-order chi connectivity index (χ0) is 23.3. The van der Waals surface area contributed by atoms with Gasteiger partial charge in [-0.2, -0.15) is 0 Å². The third-order valence-corrected chi connectivity index (χ3v) is 8.75. The molecule has 0 bridgehead atoms. The second-order valence-electron chi connectivity index (χ2n) is 9.21. The molecule has 0 aliphatic heterocycles. The zero-order valence-corrected chi connectivity index (χ0v) is 21.2. The highest BCUT2D eigenvalue weighted by Gasteiger charge is 2.19. The van der Waals surface area contributed by atoms with Crippen molar-refractivity contribution in [2.45, 2.75) is 6.92 Å². The second kappa shape index (κ2) is 6.97. The Bertz CT molecular complexity index is 2140. The van der Waals surface area contributed by atoms with Gasteiger partial charge in [-0.05, 0) is 73.7 Å². The smallest absolute Gasteiger partial charge is 0.145 e. The molecule has 0 amide bonds. The van der Waals surface area contributed by atoms with E-state index in [4.69, 9.17) is 4.42 Å². The molecule has 166 valence electrons. The van der Waals surface area contributed by atoms with Crippen molar-refractivity contribution in [3.63, 3.8) is 0 Å². The Morgan fingerprint density at radius 1 is 0.686 bits per heavy atom. The highest BCUT2D eigenvalue weighted by molar-refractivity contribution is 9.10. The first-order chi connectivity index (χ1) is 17.2. The number of aryl methyl sites for hydroxylation is 1. The minimum atomic E-state index is 0.931. The summed E-state index contributed by atoms with van der Waals surface area (Å²) in [7, 11) is 0. The van der Waals surface area contributed by atoms with Crippen LogP contribution in [0.5, 0.6) is 0 Å². The summed E-state index contributed by atoms with van der Waals surface area (Å²) < 4.78 is 12.6. The molecule has 2 nitrogen and oxygen atoms in total. The van der Waals surface area contributed by atoms with E-state index in [2.05, 4.69) is 118 Å². The molecule has 0 saturated heterocycles. The monoisotopic (exact) mass is 531 g/mol. The van der Waals surface area contributed by atoms with Crippen molar-refractivity contribution < 1.29 is 4.42 Å². The normalized spacial score (nSPS) is 12.3. The van der Waals surface area contributed by atoms with Crippen molar-refractivity contribution >= 4 is 91.2 Å². The molecule has 35 heavy (non-hydrogen) atoms. The van der Waals surface area contributed by atoms with Crippen LogP contribution < -0.4 is 0 Å². The summed E-state index contributed by atoms with van der Waals surface area (Å²) in [4.78, 5) is 0. The van der Waals surface area contributed by atoms with Gasteiger partial charge in [0.25, 0.3) is 0 Å². The van der Waals surface area contributed by atoms with E-state index in [0.29, 0.717) is 0 Å². The third kappa shape index (κ3) is 2.69. The Morgan fingerprint density at radius 3 is 2.49 bits per heavy atom. The molecule has 0 fully saturated rings. The van der Waals surface area contributed by atoms with E-state index >= 15 is 0 Å². The molecule has 8 rings (SSSR count). The Morgan fingerprint density at radius 2 is 1.54 bits per heavy atom. The first kappa shape index (κ1) is 19.7. The summed E-state index contributed by atoms with van der Waals surface area (Å²) in [6.07, 6.45) is 0. The quantitative estimate of drug-likeness (QED) is 0.206. The Kier molecular flexibility index (Phi) is 3.92. The topological polar surface area (TPSA) is 18.1 Å². The Hall–Kier alpha value is -3.60. The lowest BCUT2D eigenvalue weighted by atomic mass is 10.1. The van der Waals surface area contributed by atoms with Gasteiger partial charge in [0.15, 0.2) is 0 Å². The van der Waals surface area contributed by atoms with Crippen LogP contribution >= 0.6 is 27.3 Å². The Labute approximate surface area is 213 Å². The molecule has 0 N–H and O–H groups in total. The molecule has 8 aromatic rings. The van der Waals surface area contributed by atoms with Crippen molar-refractivity contribution in [3.05, 3.63) is 101 Å². The fraction of sp³-hybridized carbons (Fsp3) is 0.0323. The predicted molar refractivity (Wildman–Crippen MR) is 153 cm³/mol. The molecule has 0 radical (unpaired) electrons. The van der Waals surface area contributed by atoms with Crippen molar-refractivity contribution in [2.24, 2.45) is 0 Å². The van der Waals surface area contributed by atoms with Crippen LogP contribution in [0.15, 0.2) is 99.9 Å². The molecule has 0 aliphatic carbocycles. The largest absolute Gasteiger partial charge is 0.455 e. The van der Waals surface area contributed by atoms with Gasteiger partial charge in [0.05, 0.1) is 16.4 Å². The number of aromatic nitrogens is 1. The van der Waals surface area contributed by atoms with Crippen LogP contribution in [-0.4, -0.2) is 4.57 Å². The average Bonchev–Trinajstić information content (AvgIpc) is 3.52. The third-order valence-electron chi connectivity index (χ3n) is 7.10. The number of hydrogen-bond acceptors (Lipinski definition) is 2.